The Balaban J connectivity index is 2.29. The molecule has 0 bridgehead atoms. The summed E-state index contributed by atoms with van der Waals surface area (Å²) < 4.78 is 70.1. The molecule has 0 aliphatic carbocycles. The molecule has 9 heteroatoms. The lowest BCUT2D eigenvalue weighted by Gasteiger charge is -2.09. The Morgan fingerprint density at radius 3 is 1.75 bits per heavy atom. The van der Waals surface area contributed by atoms with E-state index in [2.05, 4.69) is 10.1 Å². The number of esters is 1. The summed E-state index contributed by atoms with van der Waals surface area (Å²) in [6, 6.07) is 4.85. The molecule has 2 aromatic carbocycles. The number of hydrogen-bond acceptors (Lipinski definition) is 3. The molecular weight excluding hydrogens is 337 g/mol. The third-order valence-corrected chi connectivity index (χ3v) is 2.81. The van der Waals surface area contributed by atoms with Gasteiger partial charge in [-0.1, -0.05) is 0 Å². The van der Waals surface area contributed by atoms with Crippen molar-refractivity contribution >= 4 is 17.6 Å². The second kappa shape index (κ2) is 6.65. The Morgan fingerprint density at radius 1 is 0.833 bits per heavy atom. The summed E-state index contributed by atoms with van der Waals surface area (Å²) in [5.74, 6) is -14.7. The fourth-order valence-electron chi connectivity index (χ4n) is 1.72. The van der Waals surface area contributed by atoms with Crippen LogP contribution in [0.25, 0.3) is 0 Å². The highest BCUT2D eigenvalue weighted by Gasteiger charge is 2.28. The first-order chi connectivity index (χ1) is 11.2. The van der Waals surface area contributed by atoms with Crippen LogP contribution in [0.5, 0.6) is 5.75 Å². The zero-order valence-electron chi connectivity index (χ0n) is 11.9. The van der Waals surface area contributed by atoms with E-state index in [-0.39, 0.29) is 11.5 Å². The van der Waals surface area contributed by atoms with Gasteiger partial charge in [-0.2, -0.15) is 8.78 Å². The topological polar surface area (TPSA) is 55.4 Å². The van der Waals surface area contributed by atoms with Crippen molar-refractivity contribution < 1.29 is 36.3 Å². The maximum Gasteiger partial charge on any atom is 0.343 e. The summed E-state index contributed by atoms with van der Waals surface area (Å²) in [7, 11) is 0. The number of hydrogen-bond donors (Lipinski definition) is 1. The molecule has 0 radical (unpaired) electrons. The van der Waals surface area contributed by atoms with E-state index in [1.165, 1.54) is 19.1 Å². The zero-order valence-corrected chi connectivity index (χ0v) is 11.9. The molecule has 0 spiro atoms. The van der Waals surface area contributed by atoms with Crippen LogP contribution < -0.4 is 10.1 Å². The Labute approximate surface area is 131 Å². The molecule has 0 saturated heterocycles. The van der Waals surface area contributed by atoms with Gasteiger partial charge in [-0.15, -0.1) is 0 Å². The van der Waals surface area contributed by atoms with Crippen molar-refractivity contribution in [3.8, 4) is 5.75 Å². The van der Waals surface area contributed by atoms with Crippen molar-refractivity contribution in [1.82, 2.24) is 0 Å². The number of nitrogens with one attached hydrogen (secondary N) is 1. The van der Waals surface area contributed by atoms with Crippen molar-refractivity contribution in [2.75, 3.05) is 5.32 Å². The number of anilines is 1. The Hall–Kier alpha value is -2.97. The molecule has 2 rings (SSSR count). The van der Waals surface area contributed by atoms with Gasteiger partial charge in [0.25, 0.3) is 0 Å². The predicted octanol–water partition coefficient (Wildman–Crippen LogP) is 3.56. The fourth-order valence-corrected chi connectivity index (χ4v) is 1.72. The average molecular weight is 345 g/mol. The molecule has 1 amide bonds. The van der Waals surface area contributed by atoms with Crippen molar-refractivity contribution in [2.45, 2.75) is 6.92 Å². The molecule has 0 aliphatic heterocycles. The van der Waals surface area contributed by atoms with Gasteiger partial charge >= 0.3 is 5.97 Å². The van der Waals surface area contributed by atoms with Crippen molar-refractivity contribution in [3.05, 3.63) is 58.9 Å². The van der Waals surface area contributed by atoms with Crippen LogP contribution in [0.1, 0.15) is 17.3 Å². The van der Waals surface area contributed by atoms with E-state index < -0.39 is 40.8 Å². The van der Waals surface area contributed by atoms with Gasteiger partial charge in [0.15, 0.2) is 0 Å². The van der Waals surface area contributed by atoms with E-state index in [0.717, 1.165) is 12.1 Å². The quantitative estimate of drug-likeness (QED) is 0.304. The normalized spacial score (nSPS) is 10.4. The lowest BCUT2D eigenvalue weighted by molar-refractivity contribution is -0.114. The largest absolute Gasteiger partial charge is 0.416 e. The number of ether oxygens (including phenoxy) is 1. The molecule has 0 aliphatic rings. The van der Waals surface area contributed by atoms with E-state index in [4.69, 9.17) is 0 Å². The van der Waals surface area contributed by atoms with Crippen LogP contribution in [0.15, 0.2) is 24.3 Å². The van der Waals surface area contributed by atoms with E-state index in [1.54, 1.807) is 0 Å². The molecule has 0 fully saturated rings. The minimum atomic E-state index is -2.36. The minimum Gasteiger partial charge on any atom is -0.416 e. The van der Waals surface area contributed by atoms with E-state index in [9.17, 15) is 31.5 Å². The van der Waals surface area contributed by atoms with Crippen molar-refractivity contribution in [2.24, 2.45) is 0 Å². The maximum absolute atomic E-state index is 13.4. The van der Waals surface area contributed by atoms with Crippen LogP contribution in [0, 0.1) is 29.1 Å². The van der Waals surface area contributed by atoms with Gasteiger partial charge in [-0.25, -0.2) is 18.0 Å². The third kappa shape index (κ3) is 3.34. The van der Waals surface area contributed by atoms with Crippen LogP contribution in [-0.2, 0) is 4.79 Å². The van der Waals surface area contributed by atoms with E-state index in [1.807, 2.05) is 0 Å². The van der Waals surface area contributed by atoms with Gasteiger partial charge in [0.05, 0.1) is 5.56 Å². The number of benzene rings is 2. The molecule has 0 aromatic heterocycles. The Morgan fingerprint density at radius 2 is 1.29 bits per heavy atom. The van der Waals surface area contributed by atoms with E-state index in [0.29, 0.717) is 5.69 Å². The highest BCUT2D eigenvalue weighted by Crippen LogP contribution is 2.29. The smallest absolute Gasteiger partial charge is 0.343 e. The molecule has 0 atom stereocenters. The summed E-state index contributed by atoms with van der Waals surface area (Å²) in [6.07, 6.45) is 0. The first kappa shape index (κ1) is 17.4. The second-order valence-electron chi connectivity index (χ2n) is 4.55. The summed E-state index contributed by atoms with van der Waals surface area (Å²) in [4.78, 5) is 22.6. The lowest BCUT2D eigenvalue weighted by Crippen LogP contribution is -2.14. The third-order valence-electron chi connectivity index (χ3n) is 2.81. The van der Waals surface area contributed by atoms with Crippen LogP contribution in [0.4, 0.5) is 27.6 Å². The Bertz CT molecular complexity index is 792. The molecule has 126 valence electrons. The first-order valence-electron chi connectivity index (χ1n) is 6.33. The van der Waals surface area contributed by atoms with E-state index >= 15 is 0 Å². The molecule has 1 N–H and O–H groups in total. The summed E-state index contributed by atoms with van der Waals surface area (Å²) in [5, 5.41) is 2.41. The monoisotopic (exact) mass is 345 g/mol. The van der Waals surface area contributed by atoms with Crippen LogP contribution >= 0.6 is 0 Å². The molecule has 2 aromatic rings. The standard InChI is InChI=1S/C15H8F5NO3/c1-6(22)21-8-4-2-7(3-5-8)15(23)24-14-12(19)10(17)9(16)11(18)13(14)20/h2-5H,1H3,(H,21,22). The number of carbonyl (C=O) groups is 2. The molecule has 0 unspecified atom stereocenters. The summed E-state index contributed by atoms with van der Waals surface area (Å²) >= 11 is 0. The predicted molar refractivity (Wildman–Crippen MR) is 71.9 cm³/mol. The highest BCUT2D eigenvalue weighted by molar-refractivity contribution is 5.93. The summed E-state index contributed by atoms with van der Waals surface area (Å²) in [5.41, 5.74) is 0.100. The second-order valence-corrected chi connectivity index (χ2v) is 4.55. The van der Waals surface area contributed by atoms with Crippen LogP contribution in [-0.4, -0.2) is 11.9 Å². The molecule has 4 nitrogen and oxygen atoms in total. The molecule has 24 heavy (non-hydrogen) atoms. The number of carbonyl (C=O) groups excluding carboxylic acids is 2. The lowest BCUT2D eigenvalue weighted by atomic mass is 10.2. The number of amides is 1. The fraction of sp³-hybridized carbons (Fsp3) is 0.0667. The zero-order chi connectivity index (χ0) is 18.0. The first-order valence-corrected chi connectivity index (χ1v) is 6.33. The van der Waals surface area contributed by atoms with Gasteiger partial charge in [-0.05, 0) is 24.3 Å². The van der Waals surface area contributed by atoms with Crippen molar-refractivity contribution in [1.29, 1.82) is 0 Å². The van der Waals surface area contributed by atoms with Crippen LogP contribution in [0.2, 0.25) is 0 Å². The molecule has 0 saturated carbocycles. The van der Waals surface area contributed by atoms with Crippen molar-refractivity contribution in [3.63, 3.8) is 0 Å². The van der Waals surface area contributed by atoms with Gasteiger partial charge in [0.2, 0.25) is 40.7 Å². The minimum absolute atomic E-state index is 0.229. The highest BCUT2D eigenvalue weighted by atomic mass is 19.2. The Kier molecular flexibility index (Phi) is 4.82. The number of rotatable bonds is 3. The van der Waals surface area contributed by atoms with Gasteiger partial charge < -0.3 is 10.1 Å². The SMILES string of the molecule is CC(=O)Nc1ccc(C(=O)Oc2c(F)c(F)c(F)c(F)c2F)cc1. The summed E-state index contributed by atoms with van der Waals surface area (Å²) in [6.45, 7) is 1.26. The van der Waals surface area contributed by atoms with Gasteiger partial charge in [0, 0.05) is 12.6 Å². The maximum atomic E-state index is 13.4. The molecule has 0 heterocycles. The van der Waals surface area contributed by atoms with Gasteiger partial charge in [-0.3, -0.25) is 4.79 Å². The van der Waals surface area contributed by atoms with Crippen LogP contribution in [0.3, 0.4) is 0 Å². The van der Waals surface area contributed by atoms with Gasteiger partial charge in [0.1, 0.15) is 0 Å². The molecular formula is C15H8F5NO3. The average Bonchev–Trinajstić information content (AvgIpc) is 2.55. The number of halogens is 5.